The second-order valence-electron chi connectivity index (χ2n) is 7.90. The lowest BCUT2D eigenvalue weighted by atomic mass is 10.2. The van der Waals surface area contributed by atoms with Gasteiger partial charge in [-0.15, -0.1) is 13.2 Å². The summed E-state index contributed by atoms with van der Waals surface area (Å²) in [7, 11) is 0. The van der Waals surface area contributed by atoms with Gasteiger partial charge < -0.3 is 19.1 Å². The van der Waals surface area contributed by atoms with E-state index in [0.717, 1.165) is 5.69 Å². The molecule has 1 fully saturated rings. The van der Waals surface area contributed by atoms with E-state index in [1.165, 1.54) is 30.4 Å². The molecule has 33 heavy (non-hydrogen) atoms. The first-order chi connectivity index (χ1) is 15.6. The largest absolute Gasteiger partial charge is 0.573 e. The lowest BCUT2D eigenvalue weighted by Crippen LogP contribution is -2.47. The maximum Gasteiger partial charge on any atom is 0.573 e. The Morgan fingerprint density at radius 3 is 2.82 bits per heavy atom. The molecule has 1 aliphatic rings. The molecule has 2 aromatic rings. The second kappa shape index (κ2) is 10.7. The molecule has 10 heteroatoms. The topological polar surface area (TPSA) is 73.8 Å². The monoisotopic (exact) mass is 465 g/mol. The van der Waals surface area contributed by atoms with Crippen LogP contribution in [0.1, 0.15) is 36.8 Å². The summed E-state index contributed by atoms with van der Waals surface area (Å²) in [6, 6.07) is 7.16. The highest BCUT2D eigenvalue weighted by Gasteiger charge is 2.31. The zero-order valence-corrected chi connectivity index (χ0v) is 18.6. The fraction of sp³-hybridized carbons (Fsp3) is 0.435. The van der Waals surface area contributed by atoms with Crippen molar-refractivity contribution in [3.8, 4) is 11.6 Å². The Morgan fingerprint density at radius 1 is 1.30 bits per heavy atom. The molecule has 1 atom stereocenters. The number of amides is 1. The van der Waals surface area contributed by atoms with Crippen molar-refractivity contribution < 1.29 is 32.2 Å². The van der Waals surface area contributed by atoms with Gasteiger partial charge in [-0.2, -0.15) is 4.98 Å². The summed E-state index contributed by atoms with van der Waals surface area (Å²) in [5.74, 6) is 0.700. The van der Waals surface area contributed by atoms with Crippen LogP contribution in [0.25, 0.3) is 6.08 Å². The van der Waals surface area contributed by atoms with Gasteiger partial charge in [0, 0.05) is 30.3 Å². The van der Waals surface area contributed by atoms with Gasteiger partial charge in [0.2, 0.25) is 11.8 Å². The number of nitrogens with zero attached hydrogens (tertiary/aromatic N) is 3. The Morgan fingerprint density at radius 2 is 2.09 bits per heavy atom. The van der Waals surface area contributed by atoms with Crippen LogP contribution in [0.2, 0.25) is 0 Å². The molecule has 0 spiro atoms. The lowest BCUT2D eigenvalue weighted by molar-refractivity contribution is -0.274. The van der Waals surface area contributed by atoms with Crippen LogP contribution in [-0.2, 0) is 9.53 Å². The quantitative estimate of drug-likeness (QED) is 0.573. The molecule has 0 radical (unpaired) electrons. The van der Waals surface area contributed by atoms with Gasteiger partial charge in [0.1, 0.15) is 24.3 Å². The number of ether oxygens (including phenoxy) is 3. The van der Waals surface area contributed by atoms with E-state index in [-0.39, 0.29) is 30.3 Å². The van der Waals surface area contributed by atoms with Crippen LogP contribution >= 0.6 is 0 Å². The lowest BCUT2D eigenvalue weighted by Gasteiger charge is -2.32. The number of hydrogen-bond donors (Lipinski definition) is 0. The van der Waals surface area contributed by atoms with E-state index >= 15 is 0 Å². The van der Waals surface area contributed by atoms with Gasteiger partial charge in [-0.25, -0.2) is 4.98 Å². The maximum absolute atomic E-state index is 12.6. The van der Waals surface area contributed by atoms with E-state index in [4.69, 9.17) is 9.47 Å². The molecule has 1 saturated heterocycles. The standard InChI is InChI=1S/C23H26F3N3O4/c1-15(2)22-27-16(3)11-20(28-22)32-14-19-13-29(9-10-31-19)21(30)8-7-17-5-4-6-18(12-17)33-23(24,25)26/h4-8,11-12,15,19H,9-10,13-14H2,1-3H3/b8-7+. The van der Waals surface area contributed by atoms with E-state index in [0.29, 0.717) is 37.0 Å². The Labute approximate surface area is 190 Å². The van der Waals surface area contributed by atoms with Crippen molar-refractivity contribution in [2.24, 2.45) is 0 Å². The molecule has 0 aliphatic carbocycles. The first-order valence-corrected chi connectivity index (χ1v) is 10.5. The van der Waals surface area contributed by atoms with Crippen molar-refractivity contribution in [3.63, 3.8) is 0 Å². The summed E-state index contributed by atoms with van der Waals surface area (Å²) in [5.41, 5.74) is 1.22. The number of morpholine rings is 1. The van der Waals surface area contributed by atoms with Crippen molar-refractivity contribution in [3.05, 3.63) is 53.5 Å². The predicted octanol–water partition coefficient (Wildman–Crippen LogP) is 4.13. The average Bonchev–Trinajstić information content (AvgIpc) is 2.75. The normalized spacial score (nSPS) is 16.9. The summed E-state index contributed by atoms with van der Waals surface area (Å²) < 4.78 is 52.5. The Hall–Kier alpha value is -3.14. The van der Waals surface area contributed by atoms with Crippen LogP contribution in [0.15, 0.2) is 36.4 Å². The fourth-order valence-electron chi connectivity index (χ4n) is 3.18. The Balaban J connectivity index is 1.56. The minimum Gasteiger partial charge on any atom is -0.475 e. The number of benzene rings is 1. The molecule has 7 nitrogen and oxygen atoms in total. The van der Waals surface area contributed by atoms with Crippen molar-refractivity contribution in [2.45, 2.75) is 39.2 Å². The average molecular weight is 465 g/mol. The third-order valence-electron chi connectivity index (χ3n) is 4.74. The first-order valence-electron chi connectivity index (χ1n) is 10.5. The van der Waals surface area contributed by atoms with Crippen molar-refractivity contribution in [1.29, 1.82) is 0 Å². The smallest absolute Gasteiger partial charge is 0.475 e. The van der Waals surface area contributed by atoms with Crippen molar-refractivity contribution in [2.75, 3.05) is 26.3 Å². The summed E-state index contributed by atoms with van der Waals surface area (Å²) in [4.78, 5) is 23.0. The number of alkyl halides is 3. The number of aromatic nitrogens is 2. The number of aryl methyl sites for hydroxylation is 1. The second-order valence-corrected chi connectivity index (χ2v) is 7.90. The molecule has 1 aromatic carbocycles. The molecular weight excluding hydrogens is 439 g/mol. The van der Waals surface area contributed by atoms with Gasteiger partial charge in [-0.05, 0) is 30.7 Å². The number of carbonyl (C=O) groups excluding carboxylic acids is 1. The molecule has 1 amide bonds. The van der Waals surface area contributed by atoms with Crippen molar-refractivity contribution >= 4 is 12.0 Å². The van der Waals surface area contributed by atoms with Crippen LogP contribution in [-0.4, -0.2) is 59.5 Å². The molecule has 2 heterocycles. The van der Waals surface area contributed by atoms with E-state index in [1.54, 1.807) is 17.0 Å². The van der Waals surface area contributed by atoms with Gasteiger partial charge in [0.25, 0.3) is 0 Å². The molecule has 3 rings (SSSR count). The molecule has 0 saturated carbocycles. The molecule has 0 bridgehead atoms. The summed E-state index contributed by atoms with van der Waals surface area (Å²) in [5, 5.41) is 0. The number of rotatable bonds is 7. The SMILES string of the molecule is Cc1cc(OCC2CN(C(=O)/C=C/c3cccc(OC(F)(F)F)c3)CCO2)nc(C(C)C)n1. The van der Waals surface area contributed by atoms with Crippen LogP contribution in [0.5, 0.6) is 11.6 Å². The van der Waals surface area contributed by atoms with E-state index < -0.39 is 6.36 Å². The summed E-state index contributed by atoms with van der Waals surface area (Å²) in [6.07, 6.45) is -2.34. The van der Waals surface area contributed by atoms with Crippen molar-refractivity contribution in [1.82, 2.24) is 14.9 Å². The van der Waals surface area contributed by atoms with Crippen LogP contribution in [0.4, 0.5) is 13.2 Å². The van der Waals surface area contributed by atoms with E-state index in [1.807, 2.05) is 20.8 Å². The molecule has 0 N–H and O–H groups in total. The van der Waals surface area contributed by atoms with Gasteiger partial charge >= 0.3 is 6.36 Å². The number of carbonyl (C=O) groups is 1. The molecule has 1 unspecified atom stereocenters. The first kappa shape index (κ1) is 24.5. The zero-order valence-electron chi connectivity index (χ0n) is 18.6. The zero-order chi connectivity index (χ0) is 24.0. The fourth-order valence-corrected chi connectivity index (χ4v) is 3.18. The Kier molecular flexibility index (Phi) is 7.91. The maximum atomic E-state index is 12.6. The van der Waals surface area contributed by atoms with E-state index in [9.17, 15) is 18.0 Å². The predicted molar refractivity (Wildman–Crippen MR) is 115 cm³/mol. The molecular formula is C23H26F3N3O4. The van der Waals surface area contributed by atoms with Gasteiger partial charge in [-0.1, -0.05) is 26.0 Å². The van der Waals surface area contributed by atoms with E-state index in [2.05, 4.69) is 14.7 Å². The van der Waals surface area contributed by atoms with Gasteiger partial charge in [0.05, 0.1) is 13.2 Å². The van der Waals surface area contributed by atoms with Crippen LogP contribution in [0.3, 0.4) is 0 Å². The third kappa shape index (κ3) is 7.74. The number of hydrogen-bond acceptors (Lipinski definition) is 6. The molecule has 178 valence electrons. The summed E-state index contributed by atoms with van der Waals surface area (Å²) in [6.45, 7) is 7.16. The minimum absolute atomic E-state index is 0.166. The minimum atomic E-state index is -4.77. The van der Waals surface area contributed by atoms with Gasteiger partial charge in [0.15, 0.2) is 0 Å². The molecule has 1 aliphatic heterocycles. The highest BCUT2D eigenvalue weighted by atomic mass is 19.4. The third-order valence-corrected chi connectivity index (χ3v) is 4.74. The highest BCUT2D eigenvalue weighted by Crippen LogP contribution is 2.24. The van der Waals surface area contributed by atoms with Crippen LogP contribution < -0.4 is 9.47 Å². The number of halogens is 3. The van der Waals surface area contributed by atoms with Gasteiger partial charge in [-0.3, -0.25) is 4.79 Å². The summed E-state index contributed by atoms with van der Waals surface area (Å²) >= 11 is 0. The highest BCUT2D eigenvalue weighted by molar-refractivity contribution is 5.91. The van der Waals surface area contributed by atoms with Crippen LogP contribution in [0, 0.1) is 6.92 Å². The molecule has 1 aromatic heterocycles. The Bertz CT molecular complexity index is 995.